The lowest BCUT2D eigenvalue weighted by molar-refractivity contribution is -0.146. The van der Waals surface area contributed by atoms with Crippen molar-refractivity contribution in [1.82, 2.24) is 10.2 Å². The van der Waals surface area contributed by atoms with Crippen LogP contribution in [0.1, 0.15) is 72.1 Å². The van der Waals surface area contributed by atoms with E-state index in [4.69, 9.17) is 9.47 Å². The summed E-state index contributed by atoms with van der Waals surface area (Å²) in [6.07, 6.45) is 5.39. The Kier molecular flexibility index (Phi) is 6.43. The molecular formula is C22H34N2O6. The highest BCUT2D eigenvalue weighted by Gasteiger charge is 2.52. The molecule has 1 N–H and O–H groups in total. The Morgan fingerprint density at radius 3 is 2.43 bits per heavy atom. The molecule has 1 saturated heterocycles. The topological polar surface area (TPSA) is 102 Å². The summed E-state index contributed by atoms with van der Waals surface area (Å²) in [6.45, 7) is 5.87. The van der Waals surface area contributed by atoms with Crippen LogP contribution in [0.2, 0.25) is 0 Å². The first kappa shape index (κ1) is 22.6. The Balaban J connectivity index is 1.72. The Bertz CT molecular complexity index is 709. The van der Waals surface area contributed by atoms with Crippen LogP contribution in [0.4, 0.5) is 4.79 Å². The van der Waals surface area contributed by atoms with E-state index >= 15 is 0 Å². The fourth-order valence-electron chi connectivity index (χ4n) is 4.89. The van der Waals surface area contributed by atoms with Gasteiger partial charge >= 0.3 is 12.1 Å². The molecular weight excluding hydrogens is 388 g/mol. The van der Waals surface area contributed by atoms with E-state index in [2.05, 4.69) is 5.32 Å². The third-order valence-electron chi connectivity index (χ3n) is 6.61. The molecule has 0 aromatic carbocycles. The Labute approximate surface area is 178 Å². The highest BCUT2D eigenvalue weighted by molar-refractivity contribution is 5.91. The molecule has 8 nitrogen and oxygen atoms in total. The number of hydrogen-bond acceptors (Lipinski definition) is 6. The summed E-state index contributed by atoms with van der Waals surface area (Å²) in [4.78, 5) is 51.8. The maximum Gasteiger partial charge on any atom is 0.410 e. The van der Waals surface area contributed by atoms with Crippen molar-refractivity contribution in [2.24, 2.45) is 11.3 Å². The van der Waals surface area contributed by atoms with Gasteiger partial charge in [-0.1, -0.05) is 6.42 Å². The number of ether oxygens (including phenoxy) is 2. The molecule has 30 heavy (non-hydrogen) atoms. The fraction of sp³-hybridized carbons (Fsp3) is 0.818. The van der Waals surface area contributed by atoms with Gasteiger partial charge in [-0.3, -0.25) is 14.5 Å². The molecule has 1 unspecified atom stereocenters. The standard InChI is InChI=1S/C22H34N2O6/c1-21(2,3)30-20(28)24-13-22(9-6-10-22)12-16(24)18(26)23-15(19(27)29-4)11-14-7-5-8-17(14)25/h14-16H,5-13H2,1-4H3,(H,23,26)/t14-,15-,16?/m0/s1. The van der Waals surface area contributed by atoms with Gasteiger partial charge in [0.2, 0.25) is 5.91 Å². The van der Waals surface area contributed by atoms with E-state index in [1.54, 1.807) is 20.8 Å². The summed E-state index contributed by atoms with van der Waals surface area (Å²) in [5.41, 5.74) is -0.702. The van der Waals surface area contributed by atoms with E-state index < -0.39 is 29.7 Å². The van der Waals surface area contributed by atoms with Crippen LogP contribution in [0.3, 0.4) is 0 Å². The van der Waals surface area contributed by atoms with Crippen LogP contribution < -0.4 is 5.32 Å². The number of carbonyl (C=O) groups is 4. The maximum atomic E-state index is 13.2. The number of methoxy groups -OCH3 is 1. The van der Waals surface area contributed by atoms with Crippen LogP contribution in [0.5, 0.6) is 0 Å². The lowest BCUT2D eigenvalue weighted by atomic mass is 9.67. The molecule has 0 bridgehead atoms. The number of ketones is 1. The molecule has 0 aromatic rings. The Hall–Kier alpha value is -2.12. The van der Waals surface area contributed by atoms with Crippen molar-refractivity contribution in [3.8, 4) is 0 Å². The zero-order valence-electron chi connectivity index (χ0n) is 18.5. The summed E-state index contributed by atoms with van der Waals surface area (Å²) in [7, 11) is 1.27. The van der Waals surface area contributed by atoms with Crippen molar-refractivity contribution in [1.29, 1.82) is 0 Å². The van der Waals surface area contributed by atoms with E-state index in [1.165, 1.54) is 12.0 Å². The largest absolute Gasteiger partial charge is 0.467 e. The summed E-state index contributed by atoms with van der Waals surface area (Å²) in [5, 5.41) is 2.78. The zero-order chi connectivity index (χ0) is 22.1. The van der Waals surface area contributed by atoms with Crippen LogP contribution in [-0.4, -0.2) is 60.0 Å². The molecule has 3 aliphatic rings. The summed E-state index contributed by atoms with van der Waals surface area (Å²) < 4.78 is 10.4. The van der Waals surface area contributed by atoms with Gasteiger partial charge in [-0.15, -0.1) is 0 Å². The zero-order valence-corrected chi connectivity index (χ0v) is 18.5. The average molecular weight is 423 g/mol. The van der Waals surface area contributed by atoms with Crippen molar-refractivity contribution in [3.05, 3.63) is 0 Å². The number of Topliss-reactive ketones (excluding diaryl/α,β-unsaturated/α-hetero) is 1. The summed E-state index contributed by atoms with van der Waals surface area (Å²) in [5.74, 6) is -1.06. The molecule has 1 aliphatic heterocycles. The number of amides is 2. The molecule has 2 aliphatic carbocycles. The number of hydrogen-bond donors (Lipinski definition) is 1. The van der Waals surface area contributed by atoms with Gasteiger partial charge in [0.15, 0.2) is 0 Å². The number of esters is 1. The predicted molar refractivity (Wildman–Crippen MR) is 109 cm³/mol. The van der Waals surface area contributed by atoms with E-state index in [1.807, 2.05) is 0 Å². The van der Waals surface area contributed by atoms with Crippen LogP contribution in [0.15, 0.2) is 0 Å². The smallest absolute Gasteiger partial charge is 0.410 e. The van der Waals surface area contributed by atoms with Gasteiger partial charge in [0.05, 0.1) is 7.11 Å². The molecule has 1 heterocycles. The lowest BCUT2D eigenvalue weighted by Gasteiger charge is -2.37. The lowest BCUT2D eigenvalue weighted by Crippen LogP contribution is -2.52. The van der Waals surface area contributed by atoms with E-state index in [-0.39, 0.29) is 29.4 Å². The molecule has 2 amide bonds. The highest BCUT2D eigenvalue weighted by Crippen LogP contribution is 2.50. The second kappa shape index (κ2) is 8.55. The molecule has 3 rings (SSSR count). The van der Waals surface area contributed by atoms with Gasteiger partial charge < -0.3 is 14.8 Å². The highest BCUT2D eigenvalue weighted by atomic mass is 16.6. The second-order valence-electron chi connectivity index (χ2n) is 10.1. The van der Waals surface area contributed by atoms with E-state index in [0.29, 0.717) is 19.4 Å². The maximum absolute atomic E-state index is 13.2. The number of rotatable bonds is 5. The fourth-order valence-corrected chi connectivity index (χ4v) is 4.89. The first-order chi connectivity index (χ1) is 14.0. The van der Waals surface area contributed by atoms with Gasteiger partial charge in [0, 0.05) is 18.9 Å². The molecule has 0 radical (unpaired) electrons. The minimum Gasteiger partial charge on any atom is -0.467 e. The van der Waals surface area contributed by atoms with Crippen LogP contribution >= 0.6 is 0 Å². The molecule has 0 aromatic heterocycles. The first-order valence-corrected chi connectivity index (χ1v) is 10.9. The van der Waals surface area contributed by atoms with Gasteiger partial charge in [0.25, 0.3) is 0 Å². The Morgan fingerprint density at radius 1 is 1.23 bits per heavy atom. The van der Waals surface area contributed by atoms with Crippen LogP contribution in [0, 0.1) is 11.3 Å². The average Bonchev–Trinajstić information content (AvgIpc) is 3.23. The van der Waals surface area contributed by atoms with Gasteiger partial charge in [-0.25, -0.2) is 9.59 Å². The number of likely N-dealkylation sites (tertiary alicyclic amines) is 1. The summed E-state index contributed by atoms with van der Waals surface area (Å²) >= 11 is 0. The third kappa shape index (κ3) is 4.95. The van der Waals surface area contributed by atoms with Gasteiger partial charge in [-0.2, -0.15) is 0 Å². The predicted octanol–water partition coefficient (Wildman–Crippen LogP) is 2.58. The third-order valence-corrected chi connectivity index (χ3v) is 6.61. The second-order valence-corrected chi connectivity index (χ2v) is 10.1. The van der Waals surface area contributed by atoms with Crippen LogP contribution in [0.25, 0.3) is 0 Å². The van der Waals surface area contributed by atoms with E-state index in [9.17, 15) is 19.2 Å². The molecule has 1 spiro atoms. The molecule has 168 valence electrons. The summed E-state index contributed by atoms with van der Waals surface area (Å²) in [6, 6.07) is -1.58. The number of nitrogens with one attached hydrogen (secondary N) is 1. The molecule has 8 heteroatoms. The van der Waals surface area contributed by atoms with Gasteiger partial charge in [-0.05, 0) is 64.7 Å². The van der Waals surface area contributed by atoms with E-state index in [0.717, 1.165) is 32.1 Å². The molecule has 3 atom stereocenters. The SMILES string of the molecule is COC(=O)[C@H](C[C@@H]1CCCC1=O)NC(=O)C1CC2(CCC2)CN1C(=O)OC(C)(C)C. The number of carbonyl (C=O) groups excluding carboxylic acids is 4. The van der Waals surface area contributed by atoms with Crippen molar-refractivity contribution >= 4 is 23.8 Å². The monoisotopic (exact) mass is 422 g/mol. The Morgan fingerprint density at radius 2 is 1.93 bits per heavy atom. The quantitative estimate of drug-likeness (QED) is 0.683. The number of nitrogens with zero attached hydrogens (tertiary/aromatic N) is 1. The van der Waals surface area contributed by atoms with Crippen molar-refractivity contribution < 1.29 is 28.7 Å². The molecule has 3 fully saturated rings. The van der Waals surface area contributed by atoms with Crippen molar-refractivity contribution in [2.75, 3.05) is 13.7 Å². The first-order valence-electron chi connectivity index (χ1n) is 10.9. The minimum atomic E-state index is -0.895. The molecule has 2 saturated carbocycles. The van der Waals surface area contributed by atoms with Gasteiger partial charge in [0.1, 0.15) is 23.5 Å². The normalized spacial score (nSPS) is 26.3. The van der Waals surface area contributed by atoms with Crippen molar-refractivity contribution in [3.63, 3.8) is 0 Å². The minimum absolute atomic E-state index is 0.0406. The van der Waals surface area contributed by atoms with Crippen molar-refractivity contribution in [2.45, 2.75) is 89.8 Å². The van der Waals surface area contributed by atoms with Crippen LogP contribution in [-0.2, 0) is 23.9 Å².